The third-order valence-corrected chi connectivity index (χ3v) is 4.61. The minimum atomic E-state index is 0.618. The molecule has 1 unspecified atom stereocenters. The first-order valence-corrected chi connectivity index (χ1v) is 7.43. The van der Waals surface area contributed by atoms with Crippen LogP contribution in [-0.4, -0.2) is 30.6 Å². The molecule has 96 valence electrons. The number of rotatable bonds is 3. The van der Waals surface area contributed by atoms with Crippen molar-refractivity contribution in [1.82, 2.24) is 9.69 Å². The summed E-state index contributed by atoms with van der Waals surface area (Å²) in [6.45, 7) is 2.23. The summed E-state index contributed by atoms with van der Waals surface area (Å²) in [5.74, 6) is 0. The van der Waals surface area contributed by atoms with Crippen LogP contribution in [0.2, 0.25) is 0 Å². The molecule has 3 rings (SSSR count). The third kappa shape index (κ3) is 2.10. The van der Waals surface area contributed by atoms with E-state index in [9.17, 15) is 0 Å². The predicted octanol–water partition coefficient (Wildman–Crippen LogP) is 2.87. The molecular weight excluding hydrogens is 242 g/mol. The fraction of sp³-hybridized carbons (Fsp3) is 0.500. The Balaban J connectivity index is 1.96. The maximum atomic E-state index is 4.57. The van der Waals surface area contributed by atoms with Gasteiger partial charge in [0, 0.05) is 24.5 Å². The van der Waals surface area contributed by atoms with Crippen LogP contribution in [0.1, 0.15) is 19.3 Å². The summed E-state index contributed by atoms with van der Waals surface area (Å²) in [5.41, 5.74) is 1.13. The van der Waals surface area contributed by atoms with Gasteiger partial charge in [-0.2, -0.15) is 4.37 Å². The third-order valence-electron chi connectivity index (χ3n) is 3.69. The van der Waals surface area contributed by atoms with Crippen molar-refractivity contribution < 1.29 is 0 Å². The Morgan fingerprint density at radius 2 is 2.28 bits per heavy atom. The van der Waals surface area contributed by atoms with E-state index in [4.69, 9.17) is 0 Å². The molecule has 0 saturated carbocycles. The standard InChI is InChI=1S/C14H19N3S/c1-15-10-11-6-4-5-9-17(11)14-12-7-2-3-8-13(12)16-18-14/h2-3,7-8,11,15H,4-6,9-10H2,1H3. The fourth-order valence-corrected chi connectivity index (χ4v) is 3.76. The summed E-state index contributed by atoms with van der Waals surface area (Å²) in [6.07, 6.45) is 3.93. The molecule has 2 heterocycles. The van der Waals surface area contributed by atoms with Crippen molar-refractivity contribution in [3.63, 3.8) is 0 Å². The second-order valence-corrected chi connectivity index (χ2v) is 5.66. The molecule has 1 atom stereocenters. The van der Waals surface area contributed by atoms with Crippen LogP contribution in [0.4, 0.5) is 5.00 Å². The highest BCUT2D eigenvalue weighted by Gasteiger charge is 2.24. The van der Waals surface area contributed by atoms with Gasteiger partial charge in [0.05, 0.1) is 5.52 Å². The van der Waals surface area contributed by atoms with Crippen molar-refractivity contribution in [1.29, 1.82) is 0 Å². The van der Waals surface area contributed by atoms with Crippen LogP contribution >= 0.6 is 11.5 Å². The molecule has 0 spiro atoms. The van der Waals surface area contributed by atoms with Gasteiger partial charge in [-0.05, 0) is 50.0 Å². The molecule has 0 radical (unpaired) electrons. The zero-order valence-electron chi connectivity index (χ0n) is 10.7. The van der Waals surface area contributed by atoms with E-state index < -0.39 is 0 Å². The number of nitrogens with zero attached hydrogens (tertiary/aromatic N) is 2. The van der Waals surface area contributed by atoms with Gasteiger partial charge in [0.25, 0.3) is 0 Å². The van der Waals surface area contributed by atoms with E-state index in [2.05, 4.69) is 38.9 Å². The van der Waals surface area contributed by atoms with Crippen LogP contribution in [-0.2, 0) is 0 Å². The second kappa shape index (κ2) is 5.24. The van der Waals surface area contributed by atoms with Gasteiger partial charge in [0.2, 0.25) is 0 Å². The lowest BCUT2D eigenvalue weighted by Crippen LogP contribution is -2.44. The van der Waals surface area contributed by atoms with E-state index in [1.54, 1.807) is 11.5 Å². The van der Waals surface area contributed by atoms with Crippen molar-refractivity contribution in [3.05, 3.63) is 24.3 Å². The maximum Gasteiger partial charge on any atom is 0.120 e. The Bertz CT molecular complexity index is 520. The summed E-state index contributed by atoms with van der Waals surface area (Å²) >= 11 is 1.65. The van der Waals surface area contributed by atoms with Crippen molar-refractivity contribution in [2.24, 2.45) is 0 Å². The average molecular weight is 261 g/mol. The van der Waals surface area contributed by atoms with Crippen LogP contribution in [0.25, 0.3) is 10.9 Å². The average Bonchev–Trinajstić information content (AvgIpc) is 2.84. The first-order valence-electron chi connectivity index (χ1n) is 6.66. The normalized spacial score (nSPS) is 20.5. The van der Waals surface area contributed by atoms with E-state index in [1.807, 2.05) is 7.05 Å². The monoisotopic (exact) mass is 261 g/mol. The number of nitrogens with one attached hydrogen (secondary N) is 1. The van der Waals surface area contributed by atoms with E-state index in [1.165, 1.54) is 36.2 Å². The van der Waals surface area contributed by atoms with Gasteiger partial charge in [-0.1, -0.05) is 12.1 Å². The number of benzene rings is 1. The van der Waals surface area contributed by atoms with Gasteiger partial charge in [0.15, 0.2) is 0 Å². The van der Waals surface area contributed by atoms with Crippen molar-refractivity contribution in [3.8, 4) is 0 Å². The van der Waals surface area contributed by atoms with Gasteiger partial charge in [-0.3, -0.25) is 0 Å². The quantitative estimate of drug-likeness (QED) is 0.921. The van der Waals surface area contributed by atoms with Crippen LogP contribution in [0, 0.1) is 0 Å². The Morgan fingerprint density at radius 3 is 3.17 bits per heavy atom. The van der Waals surface area contributed by atoms with Gasteiger partial charge < -0.3 is 10.2 Å². The van der Waals surface area contributed by atoms with Crippen LogP contribution in [0.3, 0.4) is 0 Å². The van der Waals surface area contributed by atoms with Gasteiger partial charge in [-0.25, -0.2) is 0 Å². The Labute approximate surface area is 112 Å². The first-order chi connectivity index (χ1) is 8.90. The molecule has 0 amide bonds. The van der Waals surface area contributed by atoms with Gasteiger partial charge in [0.1, 0.15) is 5.00 Å². The predicted molar refractivity (Wildman–Crippen MR) is 78.5 cm³/mol. The van der Waals surface area contributed by atoms with E-state index >= 15 is 0 Å². The number of aromatic nitrogens is 1. The van der Waals surface area contributed by atoms with E-state index in [0.29, 0.717) is 6.04 Å². The molecule has 1 N–H and O–H groups in total. The molecular formula is C14H19N3S. The van der Waals surface area contributed by atoms with E-state index in [-0.39, 0.29) is 0 Å². The fourth-order valence-electron chi connectivity index (χ4n) is 2.80. The van der Waals surface area contributed by atoms with Crippen LogP contribution < -0.4 is 10.2 Å². The molecule has 1 aromatic heterocycles. The second-order valence-electron chi connectivity index (χ2n) is 4.91. The lowest BCUT2D eigenvalue weighted by atomic mass is 10.0. The number of anilines is 1. The lowest BCUT2D eigenvalue weighted by molar-refractivity contribution is 0.449. The molecule has 1 aliphatic heterocycles. The summed E-state index contributed by atoms with van der Waals surface area (Å²) in [6, 6.07) is 9.09. The summed E-state index contributed by atoms with van der Waals surface area (Å²) in [7, 11) is 2.04. The topological polar surface area (TPSA) is 28.2 Å². The largest absolute Gasteiger partial charge is 0.357 e. The number of likely N-dealkylation sites (N-methyl/N-ethyl adjacent to an activating group) is 1. The molecule has 1 fully saturated rings. The molecule has 1 saturated heterocycles. The highest BCUT2D eigenvalue weighted by atomic mass is 32.1. The maximum absolute atomic E-state index is 4.57. The molecule has 4 heteroatoms. The summed E-state index contributed by atoms with van der Waals surface area (Å²) in [5, 5.41) is 5.98. The van der Waals surface area contributed by atoms with Crippen molar-refractivity contribution >= 4 is 27.4 Å². The van der Waals surface area contributed by atoms with Crippen LogP contribution in [0.5, 0.6) is 0 Å². The highest BCUT2D eigenvalue weighted by Crippen LogP contribution is 2.34. The smallest absolute Gasteiger partial charge is 0.120 e. The van der Waals surface area contributed by atoms with Crippen molar-refractivity contribution in [2.75, 3.05) is 25.0 Å². The Hall–Kier alpha value is -1.13. The molecule has 1 aromatic carbocycles. The van der Waals surface area contributed by atoms with Gasteiger partial charge >= 0.3 is 0 Å². The van der Waals surface area contributed by atoms with Crippen LogP contribution in [0.15, 0.2) is 24.3 Å². The zero-order chi connectivity index (χ0) is 12.4. The minimum absolute atomic E-state index is 0.618. The summed E-state index contributed by atoms with van der Waals surface area (Å²) in [4.78, 5) is 2.56. The molecule has 3 nitrogen and oxygen atoms in total. The molecule has 0 aliphatic carbocycles. The number of piperidine rings is 1. The minimum Gasteiger partial charge on any atom is -0.357 e. The Kier molecular flexibility index (Phi) is 3.48. The highest BCUT2D eigenvalue weighted by molar-refractivity contribution is 7.11. The summed E-state index contributed by atoms with van der Waals surface area (Å²) < 4.78 is 4.57. The van der Waals surface area contributed by atoms with Gasteiger partial charge in [-0.15, -0.1) is 0 Å². The first kappa shape index (κ1) is 11.9. The Morgan fingerprint density at radius 1 is 1.39 bits per heavy atom. The zero-order valence-corrected chi connectivity index (χ0v) is 11.5. The number of fused-ring (bicyclic) bond motifs is 1. The number of hydrogen-bond donors (Lipinski definition) is 1. The SMILES string of the molecule is CNCC1CCCCN1c1snc2ccccc12. The molecule has 2 aromatic rings. The van der Waals surface area contributed by atoms with E-state index in [0.717, 1.165) is 12.1 Å². The molecule has 1 aliphatic rings. The molecule has 18 heavy (non-hydrogen) atoms. The number of hydrogen-bond acceptors (Lipinski definition) is 4. The lowest BCUT2D eigenvalue weighted by Gasteiger charge is -2.36. The molecule has 0 bridgehead atoms. The van der Waals surface area contributed by atoms with Crippen molar-refractivity contribution in [2.45, 2.75) is 25.3 Å².